The number of carbonyl (C=O) groups is 2. The second kappa shape index (κ2) is 8.56. The normalized spacial score (nSPS) is 10.5. The molecular weight excluding hydrogens is 371 g/mol. The minimum Gasteiger partial charge on any atom is -0.326 e. The Hall–Kier alpha value is -2.04. The summed E-state index contributed by atoms with van der Waals surface area (Å²) in [6.45, 7) is 7.45. The SMILES string of the molecule is CC(=O)N(CCC(=O)Nc1cc(Cl)ccc1C)c1c(C)cc(C)cc1Cl. The molecule has 2 aromatic rings. The van der Waals surface area contributed by atoms with Gasteiger partial charge in [0.25, 0.3) is 0 Å². The number of halogens is 2. The second-order valence-corrected chi connectivity index (χ2v) is 7.18. The summed E-state index contributed by atoms with van der Waals surface area (Å²) in [6.07, 6.45) is 0.148. The molecule has 0 fully saturated rings. The van der Waals surface area contributed by atoms with Gasteiger partial charge in [-0.15, -0.1) is 0 Å². The zero-order valence-electron chi connectivity index (χ0n) is 15.3. The van der Waals surface area contributed by atoms with Gasteiger partial charge in [-0.2, -0.15) is 0 Å². The number of rotatable bonds is 5. The van der Waals surface area contributed by atoms with Gasteiger partial charge in [0, 0.05) is 30.6 Å². The van der Waals surface area contributed by atoms with Crippen LogP contribution in [-0.2, 0) is 9.59 Å². The lowest BCUT2D eigenvalue weighted by atomic mass is 10.1. The van der Waals surface area contributed by atoms with E-state index in [9.17, 15) is 9.59 Å². The van der Waals surface area contributed by atoms with Crippen molar-refractivity contribution in [1.29, 1.82) is 0 Å². The molecule has 0 spiro atoms. The summed E-state index contributed by atoms with van der Waals surface area (Å²) in [4.78, 5) is 26.0. The van der Waals surface area contributed by atoms with Crippen LogP contribution in [0.15, 0.2) is 30.3 Å². The molecule has 4 nitrogen and oxygen atoms in total. The molecule has 0 unspecified atom stereocenters. The van der Waals surface area contributed by atoms with Crippen molar-refractivity contribution >= 4 is 46.4 Å². The Morgan fingerprint density at radius 2 is 1.73 bits per heavy atom. The molecule has 1 N–H and O–H groups in total. The van der Waals surface area contributed by atoms with Crippen molar-refractivity contribution in [2.45, 2.75) is 34.1 Å². The van der Waals surface area contributed by atoms with Crippen LogP contribution in [0.3, 0.4) is 0 Å². The van der Waals surface area contributed by atoms with Crippen LogP contribution < -0.4 is 10.2 Å². The molecule has 0 saturated heterocycles. The van der Waals surface area contributed by atoms with E-state index in [0.29, 0.717) is 21.4 Å². The van der Waals surface area contributed by atoms with Crippen LogP contribution >= 0.6 is 23.2 Å². The van der Waals surface area contributed by atoms with Crippen molar-refractivity contribution in [3.8, 4) is 0 Å². The van der Waals surface area contributed by atoms with Crippen molar-refractivity contribution in [2.75, 3.05) is 16.8 Å². The molecule has 2 rings (SSSR count). The largest absolute Gasteiger partial charge is 0.326 e. The Morgan fingerprint density at radius 1 is 1.04 bits per heavy atom. The van der Waals surface area contributed by atoms with Crippen LogP contribution in [0.2, 0.25) is 10.0 Å². The molecule has 2 amide bonds. The number of amides is 2. The van der Waals surface area contributed by atoms with Gasteiger partial charge in [0.05, 0.1) is 10.7 Å². The van der Waals surface area contributed by atoms with Gasteiger partial charge in [0.2, 0.25) is 11.8 Å². The molecule has 0 heterocycles. The fraction of sp³-hybridized carbons (Fsp3) is 0.300. The number of nitrogens with one attached hydrogen (secondary N) is 1. The van der Waals surface area contributed by atoms with Crippen LogP contribution in [0, 0.1) is 20.8 Å². The Bertz CT molecular complexity index is 827. The third-order valence-electron chi connectivity index (χ3n) is 4.08. The van der Waals surface area contributed by atoms with Gasteiger partial charge in [-0.3, -0.25) is 9.59 Å². The summed E-state index contributed by atoms with van der Waals surface area (Å²) in [5, 5.41) is 3.90. The first-order valence-corrected chi connectivity index (χ1v) is 9.05. The van der Waals surface area contributed by atoms with Gasteiger partial charge in [0.1, 0.15) is 0 Å². The van der Waals surface area contributed by atoms with Crippen LogP contribution in [0.5, 0.6) is 0 Å². The fourth-order valence-corrected chi connectivity index (χ4v) is 3.43. The Balaban J connectivity index is 2.13. The highest BCUT2D eigenvalue weighted by atomic mass is 35.5. The average Bonchev–Trinajstić information content (AvgIpc) is 2.52. The maximum atomic E-state index is 12.3. The predicted molar refractivity (Wildman–Crippen MR) is 108 cm³/mol. The monoisotopic (exact) mass is 392 g/mol. The van der Waals surface area contributed by atoms with Crippen LogP contribution in [0.25, 0.3) is 0 Å². The smallest absolute Gasteiger partial charge is 0.226 e. The van der Waals surface area contributed by atoms with Crippen molar-refractivity contribution in [3.63, 3.8) is 0 Å². The van der Waals surface area contributed by atoms with E-state index in [1.165, 1.54) is 6.92 Å². The highest BCUT2D eigenvalue weighted by molar-refractivity contribution is 6.34. The molecule has 0 radical (unpaired) electrons. The molecule has 0 saturated carbocycles. The van der Waals surface area contributed by atoms with Gasteiger partial charge >= 0.3 is 0 Å². The number of anilines is 2. The van der Waals surface area contributed by atoms with E-state index in [4.69, 9.17) is 23.2 Å². The number of hydrogen-bond donors (Lipinski definition) is 1. The van der Waals surface area contributed by atoms with E-state index in [-0.39, 0.29) is 24.8 Å². The van der Waals surface area contributed by atoms with Crippen LogP contribution in [-0.4, -0.2) is 18.4 Å². The van der Waals surface area contributed by atoms with E-state index in [2.05, 4.69) is 5.32 Å². The molecule has 0 aliphatic rings. The van der Waals surface area contributed by atoms with E-state index >= 15 is 0 Å². The zero-order chi connectivity index (χ0) is 19.4. The maximum Gasteiger partial charge on any atom is 0.226 e. The maximum absolute atomic E-state index is 12.3. The molecule has 0 bridgehead atoms. The molecule has 0 aliphatic carbocycles. The second-order valence-electron chi connectivity index (χ2n) is 6.34. The lowest BCUT2D eigenvalue weighted by Gasteiger charge is -2.24. The zero-order valence-corrected chi connectivity index (χ0v) is 16.8. The summed E-state index contributed by atoms with van der Waals surface area (Å²) in [5.41, 5.74) is 4.16. The molecule has 138 valence electrons. The van der Waals surface area contributed by atoms with Gasteiger partial charge in [-0.1, -0.05) is 35.3 Å². The first-order valence-electron chi connectivity index (χ1n) is 8.30. The Morgan fingerprint density at radius 3 is 2.35 bits per heavy atom. The number of benzene rings is 2. The summed E-state index contributed by atoms with van der Waals surface area (Å²) < 4.78 is 0. The molecule has 0 atom stereocenters. The predicted octanol–water partition coefficient (Wildman–Crippen LogP) is 5.30. The lowest BCUT2D eigenvalue weighted by Crippen LogP contribution is -2.32. The third-order valence-corrected chi connectivity index (χ3v) is 4.61. The van der Waals surface area contributed by atoms with Gasteiger partial charge in [-0.25, -0.2) is 0 Å². The molecule has 0 aromatic heterocycles. The molecule has 2 aromatic carbocycles. The fourth-order valence-electron chi connectivity index (χ4n) is 2.83. The number of hydrogen-bond acceptors (Lipinski definition) is 2. The Kier molecular flexibility index (Phi) is 6.68. The highest BCUT2D eigenvalue weighted by Gasteiger charge is 2.19. The van der Waals surface area contributed by atoms with Gasteiger partial charge in [-0.05, 0) is 55.7 Å². The van der Waals surface area contributed by atoms with Crippen molar-refractivity contribution in [1.82, 2.24) is 0 Å². The highest BCUT2D eigenvalue weighted by Crippen LogP contribution is 2.31. The summed E-state index contributed by atoms with van der Waals surface area (Å²) in [5.74, 6) is -0.354. The van der Waals surface area contributed by atoms with E-state index in [0.717, 1.165) is 16.7 Å². The molecule has 0 aliphatic heterocycles. The summed E-state index contributed by atoms with van der Waals surface area (Å²) in [7, 11) is 0. The van der Waals surface area contributed by atoms with Crippen LogP contribution in [0.4, 0.5) is 11.4 Å². The quantitative estimate of drug-likeness (QED) is 0.749. The first-order chi connectivity index (χ1) is 12.2. The first kappa shape index (κ1) is 20.3. The summed E-state index contributed by atoms with van der Waals surface area (Å²) >= 11 is 12.3. The third kappa shape index (κ3) is 4.99. The molecule has 26 heavy (non-hydrogen) atoms. The number of aryl methyl sites for hydroxylation is 3. The van der Waals surface area contributed by atoms with Crippen molar-refractivity contribution in [3.05, 3.63) is 57.1 Å². The van der Waals surface area contributed by atoms with E-state index in [1.807, 2.05) is 39.0 Å². The number of carbonyl (C=O) groups excluding carboxylic acids is 2. The molecular formula is C20H22Cl2N2O2. The Labute approximate surface area is 164 Å². The topological polar surface area (TPSA) is 49.4 Å². The van der Waals surface area contributed by atoms with E-state index in [1.54, 1.807) is 17.0 Å². The summed E-state index contributed by atoms with van der Waals surface area (Å²) in [6, 6.07) is 9.10. The van der Waals surface area contributed by atoms with Crippen LogP contribution in [0.1, 0.15) is 30.0 Å². The van der Waals surface area contributed by atoms with Crippen molar-refractivity contribution < 1.29 is 9.59 Å². The standard InChI is InChI=1S/C20H22Cl2N2O2/c1-12-9-14(3)20(17(22)10-12)24(15(4)25)8-7-19(26)23-18-11-16(21)6-5-13(18)2/h5-6,9-11H,7-8H2,1-4H3,(H,23,26). The van der Waals surface area contributed by atoms with Gasteiger partial charge < -0.3 is 10.2 Å². The number of nitrogens with zero attached hydrogens (tertiary/aromatic N) is 1. The minimum atomic E-state index is -0.192. The average molecular weight is 393 g/mol. The lowest BCUT2D eigenvalue weighted by molar-refractivity contribution is -0.117. The van der Waals surface area contributed by atoms with Gasteiger partial charge in [0.15, 0.2) is 0 Å². The minimum absolute atomic E-state index is 0.148. The van der Waals surface area contributed by atoms with E-state index < -0.39 is 0 Å². The molecule has 6 heteroatoms. The van der Waals surface area contributed by atoms with Crippen molar-refractivity contribution in [2.24, 2.45) is 0 Å².